The normalized spacial score (nSPS) is 49.4. The molecule has 4 rings (SSSR count). The maximum absolute atomic E-state index is 13.3. The Morgan fingerprint density at radius 3 is 2.60 bits per heavy atom. The number of hydrogen-bond donors (Lipinski definition) is 1. The van der Waals surface area contributed by atoms with Gasteiger partial charge in [0.15, 0.2) is 0 Å². The lowest BCUT2D eigenvalue weighted by molar-refractivity contribution is -0.155. The highest BCUT2D eigenvalue weighted by molar-refractivity contribution is 5.83. The Morgan fingerprint density at radius 1 is 1.00 bits per heavy atom. The number of hydrogen-bond acceptors (Lipinski definition) is 2. The predicted molar refractivity (Wildman–Crippen MR) is 103 cm³/mol. The van der Waals surface area contributed by atoms with Crippen molar-refractivity contribution in [2.75, 3.05) is 13.6 Å². The van der Waals surface area contributed by atoms with Gasteiger partial charge in [-0.15, -0.1) is 0 Å². The molecule has 4 aliphatic carbocycles. The zero-order chi connectivity index (χ0) is 17.7. The summed E-state index contributed by atoms with van der Waals surface area (Å²) in [6.07, 6.45) is 14.5. The Hall–Kier alpha value is -0.370. The molecule has 4 fully saturated rings. The fourth-order valence-electron chi connectivity index (χ4n) is 8.07. The summed E-state index contributed by atoms with van der Waals surface area (Å²) in [5.41, 5.74) is 0.921. The van der Waals surface area contributed by atoms with Crippen LogP contribution in [-0.2, 0) is 4.79 Å². The van der Waals surface area contributed by atoms with Crippen LogP contribution in [0.5, 0.6) is 0 Å². The number of fused-ring (bicyclic) bond motifs is 5. The molecule has 142 valence electrons. The van der Waals surface area contributed by atoms with Crippen LogP contribution in [0, 0.1) is 40.4 Å². The molecule has 6 unspecified atom stereocenters. The van der Waals surface area contributed by atoms with E-state index in [1.807, 2.05) is 0 Å². The van der Waals surface area contributed by atoms with E-state index in [4.69, 9.17) is 0 Å². The molecular formula is C23H39NO. The molecule has 25 heavy (non-hydrogen) atoms. The minimum Gasteiger partial charge on any atom is -0.320 e. The molecule has 0 aromatic rings. The monoisotopic (exact) mass is 345 g/mol. The first-order valence-corrected chi connectivity index (χ1v) is 11.2. The summed E-state index contributed by atoms with van der Waals surface area (Å²) in [5.74, 6) is 4.03. The van der Waals surface area contributed by atoms with E-state index in [-0.39, 0.29) is 0 Å². The topological polar surface area (TPSA) is 29.1 Å². The van der Waals surface area contributed by atoms with E-state index in [1.165, 1.54) is 64.2 Å². The Morgan fingerprint density at radius 2 is 1.80 bits per heavy atom. The molecule has 2 heteroatoms. The number of Topliss-reactive ketones (excluding diaryl/α,β-unsaturated/α-hetero) is 1. The van der Waals surface area contributed by atoms with Gasteiger partial charge in [-0.25, -0.2) is 0 Å². The van der Waals surface area contributed by atoms with Crippen LogP contribution in [-0.4, -0.2) is 19.4 Å². The summed E-state index contributed by atoms with van der Waals surface area (Å²) in [7, 11) is 2.06. The van der Waals surface area contributed by atoms with Crippen LogP contribution < -0.4 is 5.32 Å². The first kappa shape index (κ1) is 18.0. The first-order chi connectivity index (χ1) is 12.0. The third kappa shape index (κ3) is 2.73. The lowest BCUT2D eigenvalue weighted by atomic mass is 9.44. The van der Waals surface area contributed by atoms with Crippen molar-refractivity contribution in [3.63, 3.8) is 0 Å². The van der Waals surface area contributed by atoms with Crippen molar-refractivity contribution < 1.29 is 4.79 Å². The van der Waals surface area contributed by atoms with E-state index in [9.17, 15) is 4.79 Å². The second-order valence-electron chi connectivity index (χ2n) is 10.4. The van der Waals surface area contributed by atoms with Crippen molar-refractivity contribution in [1.29, 1.82) is 0 Å². The molecule has 4 aliphatic rings. The lowest BCUT2D eigenvalue weighted by Crippen LogP contribution is -2.56. The second kappa shape index (κ2) is 6.66. The third-order valence-corrected chi connectivity index (χ3v) is 9.56. The van der Waals surface area contributed by atoms with Crippen LogP contribution in [0.4, 0.5) is 0 Å². The zero-order valence-electron chi connectivity index (χ0n) is 16.8. The summed E-state index contributed by atoms with van der Waals surface area (Å²) >= 11 is 0. The van der Waals surface area contributed by atoms with Crippen LogP contribution in [0.15, 0.2) is 0 Å². The molecule has 4 saturated carbocycles. The number of rotatable bonds is 4. The molecule has 2 nitrogen and oxygen atoms in total. The summed E-state index contributed by atoms with van der Waals surface area (Å²) in [6, 6.07) is 0. The Bertz CT molecular complexity index is 516. The molecule has 0 aromatic heterocycles. The standard InChI is InChI=1S/C23H39NO/c1-22-12-5-4-7-17(22)15-20(25)21-18-10-9-16(8-6-14-24-3)23(18,2)13-11-19(21)22/h16-19,21,24H,4-15H2,1-3H3/t16-,17?,18?,19?,21?,22?,23?/m0/s1. The van der Waals surface area contributed by atoms with E-state index in [1.54, 1.807) is 0 Å². The average molecular weight is 346 g/mol. The highest BCUT2D eigenvalue weighted by Crippen LogP contribution is 2.67. The molecular weight excluding hydrogens is 306 g/mol. The highest BCUT2D eigenvalue weighted by atomic mass is 16.1. The Balaban J connectivity index is 1.56. The Labute approximate surface area is 154 Å². The molecule has 0 radical (unpaired) electrons. The Kier molecular flexibility index (Phi) is 4.80. The van der Waals surface area contributed by atoms with Gasteiger partial charge in [-0.3, -0.25) is 4.79 Å². The number of nitrogens with one attached hydrogen (secondary N) is 1. The molecule has 0 saturated heterocycles. The van der Waals surface area contributed by atoms with Crippen molar-refractivity contribution in [2.45, 2.75) is 84.5 Å². The van der Waals surface area contributed by atoms with Gasteiger partial charge in [-0.1, -0.05) is 26.7 Å². The van der Waals surface area contributed by atoms with E-state index < -0.39 is 0 Å². The smallest absolute Gasteiger partial charge is 0.136 e. The van der Waals surface area contributed by atoms with Gasteiger partial charge in [0.25, 0.3) is 0 Å². The molecule has 7 atom stereocenters. The second-order valence-corrected chi connectivity index (χ2v) is 10.4. The van der Waals surface area contributed by atoms with Crippen molar-refractivity contribution >= 4 is 5.78 Å². The van der Waals surface area contributed by atoms with Crippen molar-refractivity contribution in [2.24, 2.45) is 40.4 Å². The van der Waals surface area contributed by atoms with Crippen molar-refractivity contribution in [3.8, 4) is 0 Å². The van der Waals surface area contributed by atoms with Crippen LogP contribution >= 0.6 is 0 Å². The van der Waals surface area contributed by atoms with Gasteiger partial charge in [-0.05, 0) is 99.5 Å². The molecule has 0 amide bonds. The van der Waals surface area contributed by atoms with Crippen molar-refractivity contribution in [1.82, 2.24) is 5.32 Å². The van der Waals surface area contributed by atoms with Crippen LogP contribution in [0.1, 0.15) is 84.5 Å². The maximum Gasteiger partial charge on any atom is 0.136 e. The van der Waals surface area contributed by atoms with Gasteiger partial charge >= 0.3 is 0 Å². The molecule has 1 N–H and O–H groups in total. The SMILES string of the molecule is CNCCC[C@H]1CCC2C3C(=O)CC4CCCCC4(C)C3CCC21C. The molecule has 0 aromatic carbocycles. The van der Waals surface area contributed by atoms with Gasteiger partial charge < -0.3 is 5.32 Å². The highest BCUT2D eigenvalue weighted by Gasteiger charge is 2.61. The zero-order valence-corrected chi connectivity index (χ0v) is 16.8. The average Bonchev–Trinajstić information content (AvgIpc) is 2.92. The molecule has 0 bridgehead atoms. The number of ketones is 1. The lowest BCUT2D eigenvalue weighted by Gasteiger charge is -2.59. The van der Waals surface area contributed by atoms with E-state index >= 15 is 0 Å². The fourth-order valence-corrected chi connectivity index (χ4v) is 8.07. The van der Waals surface area contributed by atoms with Gasteiger partial charge in [-0.2, -0.15) is 0 Å². The van der Waals surface area contributed by atoms with E-state index in [0.29, 0.717) is 40.3 Å². The van der Waals surface area contributed by atoms with Gasteiger partial charge in [0.1, 0.15) is 5.78 Å². The summed E-state index contributed by atoms with van der Waals surface area (Å²) in [6.45, 7) is 6.28. The van der Waals surface area contributed by atoms with Crippen LogP contribution in [0.2, 0.25) is 0 Å². The van der Waals surface area contributed by atoms with Crippen molar-refractivity contribution in [3.05, 3.63) is 0 Å². The van der Waals surface area contributed by atoms with Gasteiger partial charge in [0.05, 0.1) is 0 Å². The van der Waals surface area contributed by atoms with E-state index in [0.717, 1.165) is 18.9 Å². The first-order valence-electron chi connectivity index (χ1n) is 11.2. The van der Waals surface area contributed by atoms with Crippen LogP contribution in [0.3, 0.4) is 0 Å². The minimum atomic E-state index is 0.410. The number of carbonyl (C=O) groups excluding carboxylic acids is 1. The largest absolute Gasteiger partial charge is 0.320 e. The van der Waals surface area contributed by atoms with Crippen LogP contribution in [0.25, 0.3) is 0 Å². The summed E-state index contributed by atoms with van der Waals surface area (Å²) in [5, 5.41) is 3.31. The fraction of sp³-hybridized carbons (Fsp3) is 0.957. The minimum absolute atomic E-state index is 0.410. The van der Waals surface area contributed by atoms with Gasteiger partial charge in [0, 0.05) is 12.3 Å². The molecule has 0 heterocycles. The summed E-state index contributed by atoms with van der Waals surface area (Å²) in [4.78, 5) is 13.3. The predicted octanol–water partition coefficient (Wildman–Crippen LogP) is 5.21. The maximum atomic E-state index is 13.3. The quantitative estimate of drug-likeness (QED) is 0.708. The summed E-state index contributed by atoms with van der Waals surface area (Å²) < 4.78 is 0. The number of carbonyl (C=O) groups is 1. The third-order valence-electron chi connectivity index (χ3n) is 9.56. The molecule has 0 aliphatic heterocycles. The van der Waals surface area contributed by atoms with E-state index in [2.05, 4.69) is 26.2 Å². The molecule has 0 spiro atoms. The van der Waals surface area contributed by atoms with Gasteiger partial charge in [0.2, 0.25) is 0 Å².